The first-order valence-electron chi connectivity index (χ1n) is 11.0. The number of carbonyl (C=O) groups excluding carboxylic acids is 3. The van der Waals surface area contributed by atoms with E-state index in [0.717, 1.165) is 18.5 Å². The van der Waals surface area contributed by atoms with E-state index in [1.807, 2.05) is 0 Å². The highest BCUT2D eigenvalue weighted by atomic mass is 16.5. The van der Waals surface area contributed by atoms with Crippen molar-refractivity contribution in [1.29, 1.82) is 0 Å². The lowest BCUT2D eigenvalue weighted by molar-refractivity contribution is -0.133. The molecule has 2 fully saturated rings. The summed E-state index contributed by atoms with van der Waals surface area (Å²) in [5.74, 6) is 0.344. The van der Waals surface area contributed by atoms with Gasteiger partial charge in [-0.05, 0) is 60.7 Å². The van der Waals surface area contributed by atoms with Crippen LogP contribution in [0.25, 0.3) is 11.1 Å². The second-order valence-electron chi connectivity index (χ2n) is 8.24. The molecular weight excluding hydrogens is 408 g/mol. The normalized spacial score (nSPS) is 22.4. The summed E-state index contributed by atoms with van der Waals surface area (Å²) in [7, 11) is 1.58. The standard InChI is InChI=1S/C19H24N2O5.C6H4/c1-12(22)20-18-15(9-10-16(23)17-4-3-11-26-17)21(19(18)24)13-5-7-14(25-2)8-6-13;1-2-5-4-6(5)3-1/h5-8,15,17-18H,3-4,9-11H2,1-2H3,(H,20,22);1-4H/t15-,17?,18+;/m1./s1. The lowest BCUT2D eigenvalue weighted by Gasteiger charge is -2.47. The Morgan fingerprint density at radius 3 is 2.38 bits per heavy atom. The molecule has 0 saturated carbocycles. The summed E-state index contributed by atoms with van der Waals surface area (Å²) >= 11 is 0. The SMILES string of the molecule is COc1ccc(N2C(=O)[C@@H](NC(C)=O)[C@H]2CCC(=O)C2CCCO2)cc1.c1cc2cc-2c1. The molecule has 1 N–H and O–H groups in total. The van der Waals surface area contributed by atoms with Gasteiger partial charge in [0.15, 0.2) is 5.78 Å². The number of nitrogens with zero attached hydrogens (tertiary/aromatic N) is 1. The number of anilines is 1. The van der Waals surface area contributed by atoms with Gasteiger partial charge in [-0.15, -0.1) is 0 Å². The molecule has 1 unspecified atom stereocenters. The van der Waals surface area contributed by atoms with Gasteiger partial charge in [-0.3, -0.25) is 14.4 Å². The maximum atomic E-state index is 12.5. The van der Waals surface area contributed by atoms with Crippen molar-refractivity contribution in [2.75, 3.05) is 18.6 Å². The molecule has 0 spiro atoms. The zero-order valence-electron chi connectivity index (χ0n) is 18.4. The lowest BCUT2D eigenvalue weighted by Crippen LogP contribution is -2.71. The van der Waals surface area contributed by atoms with Crippen molar-refractivity contribution in [1.82, 2.24) is 5.32 Å². The van der Waals surface area contributed by atoms with Gasteiger partial charge >= 0.3 is 0 Å². The highest BCUT2D eigenvalue weighted by Gasteiger charge is 2.48. The summed E-state index contributed by atoms with van der Waals surface area (Å²) in [6.45, 7) is 2.02. The van der Waals surface area contributed by atoms with E-state index in [9.17, 15) is 14.4 Å². The predicted octanol–water partition coefficient (Wildman–Crippen LogP) is 3.11. The van der Waals surface area contributed by atoms with Gasteiger partial charge in [0.2, 0.25) is 5.91 Å². The van der Waals surface area contributed by atoms with E-state index >= 15 is 0 Å². The van der Waals surface area contributed by atoms with E-state index in [4.69, 9.17) is 9.47 Å². The molecule has 7 heteroatoms. The van der Waals surface area contributed by atoms with Crippen molar-refractivity contribution in [3.05, 3.63) is 48.5 Å². The van der Waals surface area contributed by atoms with Crippen molar-refractivity contribution in [2.24, 2.45) is 0 Å². The number of methoxy groups -OCH3 is 1. The molecule has 3 atom stereocenters. The molecule has 2 aliphatic heterocycles. The number of nitrogens with one attached hydrogen (secondary N) is 1. The van der Waals surface area contributed by atoms with Crippen molar-refractivity contribution < 1.29 is 23.9 Å². The lowest BCUT2D eigenvalue weighted by atomic mass is 9.88. The fourth-order valence-electron chi connectivity index (χ4n) is 4.24. The largest absolute Gasteiger partial charge is 0.497 e. The molecule has 4 aliphatic rings. The summed E-state index contributed by atoms with van der Waals surface area (Å²) in [6, 6.07) is 14.8. The second kappa shape index (κ2) is 9.53. The van der Waals surface area contributed by atoms with Crippen molar-refractivity contribution >= 4 is 23.3 Å². The van der Waals surface area contributed by atoms with Gasteiger partial charge in [0.1, 0.15) is 17.9 Å². The van der Waals surface area contributed by atoms with E-state index in [1.165, 1.54) is 18.1 Å². The van der Waals surface area contributed by atoms with Crippen LogP contribution in [0.3, 0.4) is 0 Å². The molecule has 0 aromatic heterocycles. The number of hydrogen-bond donors (Lipinski definition) is 1. The van der Waals surface area contributed by atoms with E-state index in [-0.39, 0.29) is 29.7 Å². The minimum Gasteiger partial charge on any atom is -0.497 e. The third kappa shape index (κ3) is 4.83. The van der Waals surface area contributed by atoms with Crippen molar-refractivity contribution in [3.8, 4) is 16.9 Å². The van der Waals surface area contributed by atoms with Gasteiger partial charge in [0.25, 0.3) is 5.91 Å². The molecule has 1 aromatic rings. The number of Topliss-reactive ketones (excluding diaryl/α,β-unsaturated/α-hetero) is 1. The number of hydrogen-bond acceptors (Lipinski definition) is 5. The Kier molecular flexibility index (Phi) is 6.55. The molecule has 2 amide bonds. The number of rotatable bonds is 7. The van der Waals surface area contributed by atoms with Crippen molar-refractivity contribution in [2.45, 2.75) is 50.8 Å². The van der Waals surface area contributed by atoms with Gasteiger partial charge in [0.05, 0.1) is 13.2 Å². The highest BCUT2D eigenvalue weighted by molar-refractivity contribution is 6.07. The monoisotopic (exact) mass is 436 g/mol. The Morgan fingerprint density at radius 1 is 1.16 bits per heavy atom. The summed E-state index contributed by atoms with van der Waals surface area (Å²) in [5, 5.41) is 2.70. The molecule has 2 heterocycles. The van der Waals surface area contributed by atoms with Crippen LogP contribution in [0.1, 0.15) is 32.6 Å². The van der Waals surface area contributed by atoms with E-state index in [0.29, 0.717) is 25.2 Å². The maximum absolute atomic E-state index is 12.5. The van der Waals surface area contributed by atoms with E-state index in [1.54, 1.807) is 36.3 Å². The van der Waals surface area contributed by atoms with Crippen molar-refractivity contribution in [3.63, 3.8) is 0 Å². The zero-order chi connectivity index (χ0) is 22.7. The Morgan fingerprint density at radius 2 is 1.88 bits per heavy atom. The number of ketones is 1. The van der Waals surface area contributed by atoms with Gasteiger partial charge < -0.3 is 19.7 Å². The number of benzene rings is 2. The Labute approximate surface area is 187 Å². The van der Waals surface area contributed by atoms with Crippen LogP contribution in [0.4, 0.5) is 5.69 Å². The van der Waals surface area contributed by atoms with Crippen LogP contribution < -0.4 is 15.0 Å². The van der Waals surface area contributed by atoms with E-state index in [2.05, 4.69) is 29.6 Å². The molecule has 2 aliphatic carbocycles. The maximum Gasteiger partial charge on any atom is 0.252 e. The molecule has 168 valence electrons. The Hall–Kier alpha value is -3.19. The van der Waals surface area contributed by atoms with Gasteiger partial charge in [-0.25, -0.2) is 0 Å². The zero-order valence-corrected chi connectivity index (χ0v) is 18.4. The summed E-state index contributed by atoms with van der Waals surface area (Å²) in [5.41, 5.74) is 3.58. The van der Waals surface area contributed by atoms with Crippen LogP contribution in [0.5, 0.6) is 5.75 Å². The number of carbonyl (C=O) groups is 3. The van der Waals surface area contributed by atoms with Gasteiger partial charge in [0, 0.05) is 25.6 Å². The van der Waals surface area contributed by atoms with Crippen LogP contribution in [0.2, 0.25) is 0 Å². The van der Waals surface area contributed by atoms with Crippen LogP contribution in [-0.4, -0.2) is 49.5 Å². The molecule has 1 aromatic carbocycles. The smallest absolute Gasteiger partial charge is 0.252 e. The number of ether oxygens (including phenoxy) is 2. The molecule has 32 heavy (non-hydrogen) atoms. The fourth-order valence-corrected chi connectivity index (χ4v) is 4.24. The average Bonchev–Trinajstić information content (AvgIpc) is 3.18. The van der Waals surface area contributed by atoms with Crippen LogP contribution in [-0.2, 0) is 19.1 Å². The molecule has 5 rings (SSSR count). The van der Waals surface area contributed by atoms with E-state index < -0.39 is 6.04 Å². The molecule has 0 bridgehead atoms. The summed E-state index contributed by atoms with van der Waals surface area (Å²) in [6.07, 6.45) is 2.16. The molecular formula is C25H28N2O5. The minimum absolute atomic E-state index is 0.0677. The molecule has 0 radical (unpaired) electrons. The van der Waals surface area contributed by atoms with Gasteiger partial charge in [-0.1, -0.05) is 18.2 Å². The van der Waals surface area contributed by atoms with Crippen LogP contribution in [0, 0.1) is 0 Å². The first-order valence-corrected chi connectivity index (χ1v) is 11.0. The first-order chi connectivity index (χ1) is 15.5. The highest BCUT2D eigenvalue weighted by Crippen LogP contribution is 2.33. The average molecular weight is 437 g/mol. The Bertz CT molecular complexity index is 980. The Balaban J connectivity index is 0.000000346. The summed E-state index contributed by atoms with van der Waals surface area (Å²) < 4.78 is 10.6. The number of fused-ring (bicyclic) bond motifs is 1. The molecule has 7 nitrogen and oxygen atoms in total. The second-order valence-corrected chi connectivity index (χ2v) is 8.24. The number of amides is 2. The topological polar surface area (TPSA) is 84.9 Å². The summed E-state index contributed by atoms with van der Waals surface area (Å²) in [4.78, 5) is 37.9. The minimum atomic E-state index is -0.591. The predicted molar refractivity (Wildman–Crippen MR) is 121 cm³/mol. The third-order valence-corrected chi connectivity index (χ3v) is 6.02. The van der Waals surface area contributed by atoms with Crippen LogP contribution in [0.15, 0.2) is 48.5 Å². The molecule has 2 saturated heterocycles. The first kappa shape index (κ1) is 22.0. The van der Waals surface area contributed by atoms with Crippen LogP contribution >= 0.6 is 0 Å². The van der Waals surface area contributed by atoms with Gasteiger partial charge in [-0.2, -0.15) is 0 Å². The fraction of sp³-hybridized carbons (Fsp3) is 0.400. The third-order valence-electron chi connectivity index (χ3n) is 6.02. The quantitative estimate of drug-likeness (QED) is 0.576. The number of β-lactam (4-membered cyclic amide) rings is 1.